The number of likely N-dealkylation sites (N-methyl/N-ethyl adjacent to an activating group) is 2. The molecule has 0 amide bonds. The fourth-order valence-corrected chi connectivity index (χ4v) is 3.75. The van der Waals surface area contributed by atoms with Gasteiger partial charge in [-0.25, -0.2) is 9.18 Å². The zero-order valence-electron chi connectivity index (χ0n) is 16.6. The summed E-state index contributed by atoms with van der Waals surface area (Å²) in [6, 6.07) is 1.92. The van der Waals surface area contributed by atoms with E-state index in [2.05, 4.69) is 20.9 Å². The Labute approximate surface area is 168 Å². The molecule has 3 heterocycles. The van der Waals surface area contributed by atoms with Crippen molar-refractivity contribution in [1.29, 1.82) is 5.26 Å². The van der Waals surface area contributed by atoms with Gasteiger partial charge < -0.3 is 20.5 Å². The molecule has 158 valence electrons. The van der Waals surface area contributed by atoms with Gasteiger partial charge in [-0.2, -0.15) is 15.2 Å². The molecule has 0 aromatic carbocycles. The van der Waals surface area contributed by atoms with Crippen LogP contribution in [0, 0.1) is 11.3 Å². The van der Waals surface area contributed by atoms with Gasteiger partial charge in [0.15, 0.2) is 11.5 Å². The van der Waals surface area contributed by atoms with Gasteiger partial charge in [0.05, 0.1) is 12.5 Å². The fraction of sp³-hybridized carbons (Fsp3) is 0.667. The molecule has 1 aromatic heterocycles. The van der Waals surface area contributed by atoms with E-state index in [4.69, 9.17) is 15.7 Å². The number of halogens is 1. The SMILES string of the molecule is CN1CCN(c2nc(OC[C@@H]3C[C@@H](F)CN3C)nc(C(=O)O)c2N)C[C@@H]1CC#N. The van der Waals surface area contributed by atoms with Crippen molar-refractivity contribution in [2.24, 2.45) is 0 Å². The number of carboxylic acid groups (broad SMARTS) is 1. The van der Waals surface area contributed by atoms with Crippen molar-refractivity contribution in [1.82, 2.24) is 19.8 Å². The molecule has 0 saturated carbocycles. The number of rotatable bonds is 6. The van der Waals surface area contributed by atoms with Gasteiger partial charge in [0.1, 0.15) is 18.5 Å². The van der Waals surface area contributed by atoms with Crippen LogP contribution in [-0.4, -0.2) is 96.0 Å². The monoisotopic (exact) mass is 407 g/mol. The predicted molar refractivity (Wildman–Crippen MR) is 104 cm³/mol. The highest BCUT2D eigenvalue weighted by Gasteiger charge is 2.31. The number of aromatic nitrogens is 2. The number of piperazine rings is 1. The highest BCUT2D eigenvalue weighted by Crippen LogP contribution is 2.29. The lowest BCUT2D eigenvalue weighted by atomic mass is 10.1. The number of likely N-dealkylation sites (tertiary alicyclic amines) is 1. The standard InChI is InChI=1S/C18H26FN7O3/c1-24-5-6-26(9-12(24)3-4-20)16-14(21)15(17(27)28)22-18(23-16)29-10-13-7-11(19)8-25(13)2/h11-13H,3,5-10,21H2,1-2H3,(H,27,28)/t11-,12+,13+/m1/s1. The topological polar surface area (TPSA) is 132 Å². The van der Waals surface area contributed by atoms with E-state index in [9.17, 15) is 14.3 Å². The van der Waals surface area contributed by atoms with Crippen molar-refractivity contribution in [3.8, 4) is 12.1 Å². The average molecular weight is 407 g/mol. The Morgan fingerprint density at radius 2 is 2.07 bits per heavy atom. The van der Waals surface area contributed by atoms with Crippen LogP contribution < -0.4 is 15.4 Å². The third-order valence-corrected chi connectivity index (χ3v) is 5.55. The number of nitrogens with two attached hydrogens (primary N) is 1. The van der Waals surface area contributed by atoms with E-state index >= 15 is 0 Å². The molecule has 0 radical (unpaired) electrons. The van der Waals surface area contributed by atoms with E-state index in [1.165, 1.54) is 0 Å². The molecular formula is C18H26FN7O3. The number of carbonyl (C=O) groups is 1. The summed E-state index contributed by atoms with van der Waals surface area (Å²) in [7, 11) is 3.75. The molecule has 29 heavy (non-hydrogen) atoms. The molecule has 0 aliphatic carbocycles. The van der Waals surface area contributed by atoms with Gasteiger partial charge in [0.25, 0.3) is 0 Å². The largest absolute Gasteiger partial charge is 0.476 e. The second kappa shape index (κ2) is 8.75. The van der Waals surface area contributed by atoms with E-state index in [1.54, 1.807) is 0 Å². The van der Waals surface area contributed by atoms with E-state index < -0.39 is 12.1 Å². The van der Waals surface area contributed by atoms with E-state index in [-0.39, 0.29) is 41.9 Å². The quantitative estimate of drug-likeness (QED) is 0.674. The number of nitriles is 1. The molecule has 3 atom stereocenters. The number of nitrogens with zero attached hydrogens (tertiary/aromatic N) is 6. The number of alkyl halides is 1. The van der Waals surface area contributed by atoms with Crippen LogP contribution >= 0.6 is 0 Å². The van der Waals surface area contributed by atoms with E-state index in [0.29, 0.717) is 39.0 Å². The number of carboxylic acids is 1. The molecule has 0 bridgehead atoms. The fourth-order valence-electron chi connectivity index (χ4n) is 3.75. The van der Waals surface area contributed by atoms with Crippen molar-refractivity contribution < 1.29 is 19.0 Å². The molecule has 10 nitrogen and oxygen atoms in total. The lowest BCUT2D eigenvalue weighted by molar-refractivity contribution is 0.0689. The summed E-state index contributed by atoms with van der Waals surface area (Å²) < 4.78 is 19.2. The normalized spacial score (nSPS) is 25.7. The maximum atomic E-state index is 13.6. The van der Waals surface area contributed by atoms with Gasteiger partial charge in [0, 0.05) is 38.3 Å². The Morgan fingerprint density at radius 3 is 2.69 bits per heavy atom. The predicted octanol–water partition coefficient (Wildman–Crippen LogP) is 0.212. The second-order valence-corrected chi connectivity index (χ2v) is 7.58. The number of hydrogen-bond donors (Lipinski definition) is 2. The molecule has 2 saturated heterocycles. The summed E-state index contributed by atoms with van der Waals surface area (Å²) in [4.78, 5) is 25.7. The summed E-state index contributed by atoms with van der Waals surface area (Å²) in [5, 5.41) is 18.5. The smallest absolute Gasteiger partial charge is 0.357 e. The zero-order valence-corrected chi connectivity index (χ0v) is 16.6. The molecule has 3 rings (SSSR count). The summed E-state index contributed by atoms with van der Waals surface area (Å²) in [5.41, 5.74) is 5.69. The van der Waals surface area contributed by atoms with Crippen molar-refractivity contribution in [2.75, 3.05) is 57.5 Å². The maximum absolute atomic E-state index is 13.6. The third-order valence-electron chi connectivity index (χ3n) is 5.55. The minimum absolute atomic E-state index is 0.0191. The first-order valence-corrected chi connectivity index (χ1v) is 9.50. The van der Waals surface area contributed by atoms with Gasteiger partial charge in [-0.05, 0) is 20.5 Å². The lowest BCUT2D eigenvalue weighted by Crippen LogP contribution is -2.51. The zero-order chi connectivity index (χ0) is 21.1. The van der Waals surface area contributed by atoms with Crippen LogP contribution in [0.5, 0.6) is 6.01 Å². The second-order valence-electron chi connectivity index (χ2n) is 7.58. The van der Waals surface area contributed by atoms with Crippen molar-refractivity contribution >= 4 is 17.5 Å². The minimum atomic E-state index is -1.28. The van der Waals surface area contributed by atoms with Crippen LogP contribution in [0.2, 0.25) is 0 Å². The average Bonchev–Trinajstić information content (AvgIpc) is 3.00. The number of anilines is 2. The maximum Gasteiger partial charge on any atom is 0.357 e. The summed E-state index contributed by atoms with van der Waals surface area (Å²) in [6.07, 6.45) is -0.224. The van der Waals surface area contributed by atoms with Crippen LogP contribution in [0.3, 0.4) is 0 Å². The highest BCUT2D eigenvalue weighted by molar-refractivity contribution is 5.94. The number of aromatic carboxylic acids is 1. The number of hydrogen-bond acceptors (Lipinski definition) is 9. The summed E-state index contributed by atoms with van der Waals surface area (Å²) in [5.74, 6) is -0.993. The van der Waals surface area contributed by atoms with Crippen molar-refractivity contribution in [2.45, 2.75) is 31.1 Å². The highest BCUT2D eigenvalue weighted by atomic mass is 19.1. The Morgan fingerprint density at radius 1 is 1.31 bits per heavy atom. The summed E-state index contributed by atoms with van der Waals surface area (Å²) in [6.45, 7) is 2.23. The molecule has 11 heteroatoms. The molecule has 2 aliphatic rings. The van der Waals surface area contributed by atoms with Crippen LogP contribution in [0.15, 0.2) is 0 Å². The number of nitrogen functional groups attached to an aromatic ring is 1. The van der Waals surface area contributed by atoms with Gasteiger partial charge in [0.2, 0.25) is 0 Å². The summed E-state index contributed by atoms with van der Waals surface area (Å²) >= 11 is 0. The van der Waals surface area contributed by atoms with Gasteiger partial charge in [-0.1, -0.05) is 0 Å². The molecule has 3 N–H and O–H groups in total. The first kappa shape index (κ1) is 21.0. The Kier molecular flexibility index (Phi) is 6.34. The van der Waals surface area contributed by atoms with Gasteiger partial charge in [-0.15, -0.1) is 0 Å². The molecular weight excluding hydrogens is 381 g/mol. The molecule has 2 fully saturated rings. The minimum Gasteiger partial charge on any atom is -0.476 e. The van der Waals surface area contributed by atoms with Crippen molar-refractivity contribution in [3.05, 3.63) is 5.69 Å². The molecule has 0 unspecified atom stereocenters. The molecule has 0 spiro atoms. The Hall–Kier alpha value is -2.71. The van der Waals surface area contributed by atoms with E-state index in [1.807, 2.05) is 23.9 Å². The molecule has 2 aliphatic heterocycles. The van der Waals surface area contributed by atoms with Crippen LogP contribution in [-0.2, 0) is 0 Å². The Balaban J connectivity index is 1.83. The van der Waals surface area contributed by atoms with Crippen LogP contribution in [0.25, 0.3) is 0 Å². The van der Waals surface area contributed by atoms with Crippen LogP contribution in [0.1, 0.15) is 23.3 Å². The van der Waals surface area contributed by atoms with Crippen LogP contribution in [0.4, 0.5) is 15.9 Å². The van der Waals surface area contributed by atoms with Crippen molar-refractivity contribution in [3.63, 3.8) is 0 Å². The molecule has 1 aromatic rings. The van der Waals surface area contributed by atoms with Gasteiger partial charge in [-0.3, -0.25) is 9.80 Å². The van der Waals surface area contributed by atoms with E-state index in [0.717, 1.165) is 0 Å². The lowest BCUT2D eigenvalue weighted by Gasteiger charge is -2.39. The van der Waals surface area contributed by atoms with Gasteiger partial charge >= 0.3 is 12.0 Å². The third kappa shape index (κ3) is 4.65. The first-order chi connectivity index (χ1) is 13.8. The number of ether oxygens (including phenoxy) is 1. The Bertz CT molecular complexity index is 802. The first-order valence-electron chi connectivity index (χ1n) is 9.50.